The molecule has 3 aliphatic carbocycles. The average Bonchev–Trinajstić information content (AvgIpc) is 3.82. The van der Waals surface area contributed by atoms with Crippen molar-refractivity contribution < 1.29 is 29.9 Å². The number of ether oxygens (including phenoxy) is 2. The summed E-state index contributed by atoms with van der Waals surface area (Å²) in [5, 5.41) is 47.5. The van der Waals surface area contributed by atoms with Crippen molar-refractivity contribution in [3.8, 4) is 23.0 Å². The second-order valence-electron chi connectivity index (χ2n) is 14.8. The molecule has 7 rings (SSSR count). The predicted molar refractivity (Wildman–Crippen MR) is 186 cm³/mol. The molecule has 7 atom stereocenters. The number of aromatic nitrogens is 1. The summed E-state index contributed by atoms with van der Waals surface area (Å²) in [5.74, 6) is 1.15. The quantitative estimate of drug-likeness (QED) is 0.0987. The van der Waals surface area contributed by atoms with Gasteiger partial charge in [-0.25, -0.2) is 0 Å². The Kier molecular flexibility index (Phi) is 10.0. The van der Waals surface area contributed by atoms with Gasteiger partial charge in [-0.15, -0.1) is 0 Å². The number of phenols is 3. The van der Waals surface area contributed by atoms with Crippen LogP contribution in [-0.2, 0) is 11.2 Å². The number of benzene rings is 2. The lowest BCUT2D eigenvalue weighted by molar-refractivity contribution is -0.154. The lowest BCUT2D eigenvalue weighted by Crippen LogP contribution is -2.44. The van der Waals surface area contributed by atoms with Crippen molar-refractivity contribution in [3.63, 3.8) is 0 Å². The highest BCUT2D eigenvalue weighted by Gasteiger charge is 2.43. The first-order valence-electron chi connectivity index (χ1n) is 18.2. The van der Waals surface area contributed by atoms with E-state index < -0.39 is 12.2 Å². The predicted octanol–water partition coefficient (Wildman–Crippen LogP) is 7.48. The number of aromatic hydroxyl groups is 3. The van der Waals surface area contributed by atoms with Gasteiger partial charge in [-0.05, 0) is 105 Å². The number of aliphatic hydroxyl groups is 1. The molecule has 8 heteroatoms. The van der Waals surface area contributed by atoms with E-state index in [9.17, 15) is 20.4 Å². The summed E-state index contributed by atoms with van der Waals surface area (Å²) < 4.78 is 12.4. The number of H-pyrrole nitrogens is 1. The topological polar surface area (TPSA) is 127 Å². The van der Waals surface area contributed by atoms with Gasteiger partial charge in [-0.1, -0.05) is 37.1 Å². The van der Waals surface area contributed by atoms with Crippen LogP contribution in [0, 0.1) is 11.8 Å². The zero-order chi connectivity index (χ0) is 33.2. The number of methoxy groups -OCH3 is 1. The Labute approximate surface area is 284 Å². The Morgan fingerprint density at radius 3 is 2.60 bits per heavy atom. The van der Waals surface area contributed by atoms with E-state index in [0.29, 0.717) is 30.6 Å². The molecule has 6 N–H and O–H groups in total. The summed E-state index contributed by atoms with van der Waals surface area (Å²) in [7, 11) is 1.49. The molecule has 0 bridgehead atoms. The third-order valence-electron chi connectivity index (χ3n) is 11.8. The molecule has 0 spiro atoms. The fourth-order valence-corrected chi connectivity index (χ4v) is 9.15. The SMILES string of the molecule is COc1c(O)c(O)cc(C2CC(O)C3CCC(c4ccc(O)c(C5C=CCC(CCNC6CCCC6)C5)c4)CC3O2)c1Cc1cc[nH]c1. The summed E-state index contributed by atoms with van der Waals surface area (Å²) >= 11 is 0. The fourth-order valence-electron chi connectivity index (χ4n) is 9.15. The largest absolute Gasteiger partial charge is 0.508 e. The molecule has 1 saturated heterocycles. The van der Waals surface area contributed by atoms with E-state index in [1.54, 1.807) is 6.07 Å². The fraction of sp³-hybridized carbons (Fsp3) is 0.550. The highest BCUT2D eigenvalue weighted by molar-refractivity contribution is 5.59. The molecular formula is C40H52N2O6. The minimum Gasteiger partial charge on any atom is -0.508 e. The second kappa shape index (κ2) is 14.6. The molecule has 7 unspecified atom stereocenters. The van der Waals surface area contributed by atoms with Gasteiger partial charge < -0.3 is 40.2 Å². The van der Waals surface area contributed by atoms with Crippen LogP contribution in [0.5, 0.6) is 23.0 Å². The van der Waals surface area contributed by atoms with Crippen molar-refractivity contribution in [1.82, 2.24) is 10.3 Å². The van der Waals surface area contributed by atoms with Crippen LogP contribution in [0.4, 0.5) is 0 Å². The summed E-state index contributed by atoms with van der Waals surface area (Å²) in [6.45, 7) is 1.07. The second-order valence-corrected chi connectivity index (χ2v) is 14.8. The van der Waals surface area contributed by atoms with Gasteiger partial charge in [0.05, 0.1) is 25.4 Å². The van der Waals surface area contributed by atoms with Crippen molar-refractivity contribution in [2.24, 2.45) is 11.8 Å². The van der Waals surface area contributed by atoms with Crippen LogP contribution in [0.1, 0.15) is 116 Å². The molecule has 1 aromatic heterocycles. The number of fused-ring (bicyclic) bond motifs is 1. The number of rotatable bonds is 10. The summed E-state index contributed by atoms with van der Waals surface area (Å²) in [5.41, 5.74) is 4.72. The Balaban J connectivity index is 1.07. The Morgan fingerprint density at radius 1 is 0.958 bits per heavy atom. The Hall–Kier alpha value is -3.46. The van der Waals surface area contributed by atoms with Crippen molar-refractivity contribution in [1.29, 1.82) is 0 Å². The number of allylic oxidation sites excluding steroid dienone is 2. The van der Waals surface area contributed by atoms with Crippen LogP contribution in [0.3, 0.4) is 0 Å². The van der Waals surface area contributed by atoms with Gasteiger partial charge in [0.15, 0.2) is 11.5 Å². The molecule has 3 aromatic rings. The minimum absolute atomic E-state index is 0.0368. The van der Waals surface area contributed by atoms with Crippen LogP contribution in [0.2, 0.25) is 0 Å². The Morgan fingerprint density at radius 2 is 1.81 bits per heavy atom. The zero-order valence-electron chi connectivity index (χ0n) is 28.1. The lowest BCUT2D eigenvalue weighted by Gasteiger charge is -2.45. The van der Waals surface area contributed by atoms with Crippen molar-refractivity contribution in [2.45, 2.75) is 113 Å². The number of phenolic OH excluding ortho intramolecular Hbond substituents is 3. The Bertz CT molecular complexity index is 1560. The van der Waals surface area contributed by atoms with E-state index in [-0.39, 0.29) is 41.1 Å². The molecule has 0 radical (unpaired) electrons. The zero-order valence-corrected chi connectivity index (χ0v) is 28.1. The number of hydrogen-bond acceptors (Lipinski definition) is 7. The van der Waals surface area contributed by atoms with E-state index in [0.717, 1.165) is 60.9 Å². The summed E-state index contributed by atoms with van der Waals surface area (Å²) in [6.07, 6.45) is 19.3. The number of aromatic amines is 1. The first kappa shape index (κ1) is 33.1. The van der Waals surface area contributed by atoms with Crippen molar-refractivity contribution in [2.75, 3.05) is 13.7 Å². The van der Waals surface area contributed by atoms with Crippen LogP contribution >= 0.6 is 0 Å². The summed E-state index contributed by atoms with van der Waals surface area (Å²) in [4.78, 5) is 3.08. The van der Waals surface area contributed by atoms with Gasteiger partial charge >= 0.3 is 0 Å². The third-order valence-corrected chi connectivity index (χ3v) is 11.8. The van der Waals surface area contributed by atoms with Gasteiger partial charge in [0.25, 0.3) is 0 Å². The lowest BCUT2D eigenvalue weighted by atomic mass is 9.71. The smallest absolute Gasteiger partial charge is 0.200 e. The van der Waals surface area contributed by atoms with Crippen LogP contribution < -0.4 is 10.1 Å². The first-order chi connectivity index (χ1) is 23.4. The molecule has 2 aromatic carbocycles. The van der Waals surface area contributed by atoms with E-state index >= 15 is 0 Å². The molecule has 0 amide bonds. The van der Waals surface area contributed by atoms with Gasteiger partial charge in [-0.2, -0.15) is 0 Å². The van der Waals surface area contributed by atoms with Crippen molar-refractivity contribution >= 4 is 0 Å². The monoisotopic (exact) mass is 656 g/mol. The molecular weight excluding hydrogens is 604 g/mol. The molecule has 2 saturated carbocycles. The van der Waals surface area contributed by atoms with E-state index in [1.165, 1.54) is 44.8 Å². The van der Waals surface area contributed by atoms with Gasteiger partial charge in [0, 0.05) is 54.2 Å². The maximum Gasteiger partial charge on any atom is 0.200 e. The molecule has 8 nitrogen and oxygen atoms in total. The van der Waals surface area contributed by atoms with Gasteiger partial charge in [0.1, 0.15) is 5.75 Å². The normalized spacial score (nSPS) is 29.2. The molecule has 2 heterocycles. The van der Waals surface area contributed by atoms with Crippen LogP contribution in [-0.4, -0.2) is 57.3 Å². The minimum atomic E-state index is -0.542. The van der Waals surface area contributed by atoms with Gasteiger partial charge in [-0.3, -0.25) is 0 Å². The molecule has 4 aliphatic rings. The molecule has 48 heavy (non-hydrogen) atoms. The number of nitrogens with one attached hydrogen (secondary N) is 2. The van der Waals surface area contributed by atoms with E-state index in [1.807, 2.05) is 24.5 Å². The highest BCUT2D eigenvalue weighted by Crippen LogP contribution is 2.50. The summed E-state index contributed by atoms with van der Waals surface area (Å²) in [6, 6.07) is 10.4. The number of aliphatic hydroxyl groups excluding tert-OH is 1. The third kappa shape index (κ3) is 6.98. The van der Waals surface area contributed by atoms with Crippen molar-refractivity contribution in [3.05, 3.63) is 82.7 Å². The van der Waals surface area contributed by atoms with Gasteiger partial charge in [0.2, 0.25) is 5.75 Å². The molecule has 3 fully saturated rings. The molecule has 1 aliphatic heterocycles. The number of hydrogen-bond donors (Lipinski definition) is 6. The maximum atomic E-state index is 11.4. The van der Waals surface area contributed by atoms with Crippen LogP contribution in [0.15, 0.2) is 54.9 Å². The highest BCUT2D eigenvalue weighted by atomic mass is 16.5. The standard InChI is InChI=1S/C40H52N2O6/c1-47-40-33(18-25-13-15-41-23-25)32(21-36(45)39(40)46)38-22-35(44)30-11-9-27(20-37(30)48-38)26-10-12-34(43)31(19-26)28-6-4-5-24(17-28)14-16-42-29-7-2-3-8-29/h4,6,10,12-13,15,19,21,23-24,27-30,35,37-38,41-46H,2-3,5,7-9,11,14,16-18,20,22H2,1H3. The van der Waals surface area contributed by atoms with E-state index in [2.05, 4.69) is 34.6 Å². The molecule has 258 valence electrons. The first-order valence-corrected chi connectivity index (χ1v) is 18.2. The maximum absolute atomic E-state index is 11.4. The average molecular weight is 657 g/mol. The van der Waals surface area contributed by atoms with Crippen LogP contribution in [0.25, 0.3) is 0 Å². The van der Waals surface area contributed by atoms with E-state index in [4.69, 9.17) is 9.47 Å².